The van der Waals surface area contributed by atoms with E-state index >= 15 is 0 Å². The summed E-state index contributed by atoms with van der Waals surface area (Å²) in [6.45, 7) is 0. The highest BCUT2D eigenvalue weighted by atomic mass is 19.4. The van der Waals surface area contributed by atoms with Gasteiger partial charge in [0.1, 0.15) is 12.2 Å². The number of halogens is 3. The number of alkyl halides is 3. The quantitative estimate of drug-likeness (QED) is 0.791. The maximum absolute atomic E-state index is 12.3. The van der Waals surface area contributed by atoms with Crippen molar-refractivity contribution in [3.8, 4) is 17.4 Å². The van der Waals surface area contributed by atoms with Gasteiger partial charge >= 0.3 is 6.18 Å². The fourth-order valence-corrected chi connectivity index (χ4v) is 1.91. The maximum atomic E-state index is 12.3. The van der Waals surface area contributed by atoms with E-state index in [0.717, 1.165) is 0 Å². The molecule has 3 heterocycles. The second-order valence-corrected chi connectivity index (χ2v) is 4.70. The Hall–Kier alpha value is -3.17. The van der Waals surface area contributed by atoms with Gasteiger partial charge in [-0.3, -0.25) is 4.79 Å². The van der Waals surface area contributed by atoms with Crippen molar-refractivity contribution in [3.05, 3.63) is 42.9 Å². The number of carbonyl (C=O) groups excluding carboxylic acids is 1. The van der Waals surface area contributed by atoms with E-state index in [1.165, 1.54) is 23.2 Å². The highest BCUT2D eigenvalue weighted by Gasteiger charge is 2.31. The molecule has 0 fully saturated rings. The van der Waals surface area contributed by atoms with Crippen LogP contribution >= 0.6 is 0 Å². The van der Waals surface area contributed by atoms with Gasteiger partial charge in [-0.15, -0.1) is 0 Å². The molecule has 3 rings (SSSR count). The van der Waals surface area contributed by atoms with Crippen LogP contribution in [0.3, 0.4) is 0 Å². The van der Waals surface area contributed by atoms with E-state index in [0.29, 0.717) is 5.76 Å². The van der Waals surface area contributed by atoms with Crippen LogP contribution in [0.5, 0.6) is 0 Å². The van der Waals surface area contributed by atoms with Gasteiger partial charge in [0.05, 0.1) is 6.26 Å². The molecule has 0 atom stereocenters. The molecule has 0 spiro atoms. The molecule has 0 aliphatic carbocycles. The molecule has 0 radical (unpaired) electrons. The molecular weight excluding hydrogens is 327 g/mol. The van der Waals surface area contributed by atoms with Crippen molar-refractivity contribution in [2.75, 3.05) is 5.32 Å². The molecule has 124 valence electrons. The van der Waals surface area contributed by atoms with Crippen LogP contribution in [-0.2, 0) is 4.79 Å². The molecule has 10 heteroatoms. The highest BCUT2D eigenvalue weighted by Crippen LogP contribution is 2.22. The first-order valence-corrected chi connectivity index (χ1v) is 6.70. The zero-order valence-electron chi connectivity index (χ0n) is 12.0. The van der Waals surface area contributed by atoms with Crippen molar-refractivity contribution in [1.82, 2.24) is 19.7 Å². The third-order valence-electron chi connectivity index (χ3n) is 2.82. The largest absolute Gasteiger partial charge is 0.461 e. The third kappa shape index (κ3) is 3.77. The van der Waals surface area contributed by atoms with Crippen LogP contribution in [0.2, 0.25) is 0 Å². The molecule has 0 saturated carbocycles. The van der Waals surface area contributed by atoms with Gasteiger partial charge in [0.25, 0.3) is 0 Å². The topological polar surface area (TPSA) is 85.8 Å². The number of amides is 1. The second kappa shape index (κ2) is 6.14. The Labute approximate surface area is 133 Å². The van der Waals surface area contributed by atoms with E-state index in [-0.39, 0.29) is 17.5 Å². The summed E-state index contributed by atoms with van der Waals surface area (Å²) in [5.74, 6) is -0.636. The van der Waals surface area contributed by atoms with Gasteiger partial charge in [0.2, 0.25) is 5.91 Å². The van der Waals surface area contributed by atoms with Crippen molar-refractivity contribution in [1.29, 1.82) is 0 Å². The molecule has 0 aliphatic heterocycles. The highest BCUT2D eigenvalue weighted by molar-refractivity contribution is 5.90. The molecule has 24 heavy (non-hydrogen) atoms. The Morgan fingerprint density at radius 1 is 1.29 bits per heavy atom. The number of carbonyl (C=O) groups is 1. The van der Waals surface area contributed by atoms with Crippen molar-refractivity contribution in [2.45, 2.75) is 12.6 Å². The monoisotopic (exact) mass is 337 g/mol. The molecule has 0 aromatic carbocycles. The number of nitrogens with one attached hydrogen (secondary N) is 1. The molecule has 0 unspecified atom stereocenters. The number of hydrogen-bond donors (Lipinski definition) is 1. The lowest BCUT2D eigenvalue weighted by molar-refractivity contribution is -0.150. The Balaban J connectivity index is 1.95. The average molecular weight is 337 g/mol. The summed E-state index contributed by atoms with van der Waals surface area (Å²) >= 11 is 0. The minimum Gasteiger partial charge on any atom is -0.461 e. The van der Waals surface area contributed by atoms with Gasteiger partial charge in [0, 0.05) is 18.5 Å². The lowest BCUT2D eigenvalue weighted by Crippen LogP contribution is -2.22. The van der Waals surface area contributed by atoms with Gasteiger partial charge < -0.3 is 9.73 Å². The van der Waals surface area contributed by atoms with Crippen LogP contribution in [-0.4, -0.2) is 31.8 Å². The summed E-state index contributed by atoms with van der Waals surface area (Å²) in [5, 5.41) is 6.10. The van der Waals surface area contributed by atoms with E-state index in [9.17, 15) is 18.0 Å². The predicted octanol–water partition coefficient (Wildman–Crippen LogP) is 2.81. The first-order chi connectivity index (χ1) is 11.4. The van der Waals surface area contributed by atoms with E-state index < -0.39 is 18.5 Å². The number of furan rings is 1. The summed E-state index contributed by atoms with van der Waals surface area (Å²) < 4.78 is 43.4. The molecule has 1 amide bonds. The summed E-state index contributed by atoms with van der Waals surface area (Å²) in [6, 6.07) is 6.16. The number of nitrogens with zero attached hydrogens (tertiary/aromatic N) is 4. The Morgan fingerprint density at radius 3 is 2.75 bits per heavy atom. The Kier molecular flexibility index (Phi) is 4.02. The number of aromatic nitrogens is 4. The van der Waals surface area contributed by atoms with Crippen LogP contribution in [0.25, 0.3) is 17.4 Å². The van der Waals surface area contributed by atoms with Gasteiger partial charge in [-0.1, -0.05) is 0 Å². The van der Waals surface area contributed by atoms with Crippen molar-refractivity contribution in [3.63, 3.8) is 0 Å². The van der Waals surface area contributed by atoms with Gasteiger partial charge in [-0.25, -0.2) is 14.6 Å². The molecule has 7 nitrogen and oxygen atoms in total. The number of rotatable bonds is 4. The third-order valence-corrected chi connectivity index (χ3v) is 2.82. The van der Waals surface area contributed by atoms with Crippen LogP contribution < -0.4 is 5.32 Å². The van der Waals surface area contributed by atoms with Crippen LogP contribution in [0.4, 0.5) is 19.0 Å². The standard InChI is InChI=1S/C14H10F3N5O2/c15-14(16,17)8-12(23)19-10-7-11(22-5-2-4-18-22)21-13(20-10)9-3-1-6-24-9/h1-7H,8H2,(H,19,20,21,23). The number of anilines is 1. The normalized spacial score (nSPS) is 11.5. The van der Waals surface area contributed by atoms with Crippen molar-refractivity contribution < 1.29 is 22.4 Å². The van der Waals surface area contributed by atoms with Crippen LogP contribution in [0.1, 0.15) is 6.42 Å². The van der Waals surface area contributed by atoms with E-state index in [4.69, 9.17) is 4.42 Å². The SMILES string of the molecule is O=C(CC(F)(F)F)Nc1cc(-n2cccn2)nc(-c2ccco2)n1. The Morgan fingerprint density at radius 2 is 2.12 bits per heavy atom. The average Bonchev–Trinajstić information content (AvgIpc) is 3.19. The van der Waals surface area contributed by atoms with E-state index in [1.807, 2.05) is 0 Å². The fraction of sp³-hybridized carbons (Fsp3) is 0.143. The zero-order chi connectivity index (χ0) is 17.2. The predicted molar refractivity (Wildman–Crippen MR) is 76.2 cm³/mol. The van der Waals surface area contributed by atoms with Crippen molar-refractivity contribution in [2.24, 2.45) is 0 Å². The summed E-state index contributed by atoms with van der Waals surface area (Å²) in [4.78, 5) is 19.7. The smallest absolute Gasteiger partial charge is 0.397 e. The lowest BCUT2D eigenvalue weighted by atomic mass is 10.3. The minimum atomic E-state index is -4.61. The summed E-state index contributed by atoms with van der Waals surface area (Å²) in [5.41, 5.74) is 0. The first kappa shape index (κ1) is 15.7. The minimum absolute atomic E-state index is 0.0869. The molecule has 0 saturated heterocycles. The van der Waals surface area contributed by atoms with Crippen LogP contribution in [0, 0.1) is 0 Å². The molecule has 3 aromatic heterocycles. The Bertz CT molecular complexity index is 776. The van der Waals surface area contributed by atoms with Crippen LogP contribution in [0.15, 0.2) is 47.3 Å². The molecular formula is C14H10F3N5O2. The van der Waals surface area contributed by atoms with Gasteiger partial charge in [0.15, 0.2) is 17.4 Å². The number of hydrogen-bond acceptors (Lipinski definition) is 5. The second-order valence-electron chi connectivity index (χ2n) is 4.70. The maximum Gasteiger partial charge on any atom is 0.397 e. The van der Waals surface area contributed by atoms with Gasteiger partial charge in [-0.2, -0.15) is 18.3 Å². The van der Waals surface area contributed by atoms with E-state index in [1.54, 1.807) is 24.4 Å². The first-order valence-electron chi connectivity index (χ1n) is 6.70. The molecule has 0 aliphatic rings. The van der Waals surface area contributed by atoms with Crippen molar-refractivity contribution >= 4 is 11.7 Å². The summed E-state index contributed by atoms with van der Waals surface area (Å²) in [7, 11) is 0. The molecule has 1 N–H and O–H groups in total. The van der Waals surface area contributed by atoms with Gasteiger partial charge in [-0.05, 0) is 18.2 Å². The zero-order valence-corrected chi connectivity index (χ0v) is 12.0. The molecule has 3 aromatic rings. The summed E-state index contributed by atoms with van der Waals surface area (Å²) in [6.07, 6.45) is -1.71. The molecule has 0 bridgehead atoms. The van der Waals surface area contributed by atoms with E-state index in [2.05, 4.69) is 20.4 Å². The fourth-order valence-electron chi connectivity index (χ4n) is 1.91. The lowest BCUT2D eigenvalue weighted by Gasteiger charge is -2.09.